The van der Waals surface area contributed by atoms with Gasteiger partial charge in [0.05, 0.1) is 10.4 Å². The van der Waals surface area contributed by atoms with Crippen LogP contribution in [0.5, 0.6) is 0 Å². The summed E-state index contributed by atoms with van der Waals surface area (Å²) in [6, 6.07) is 3.90. The SMILES string of the molecule is CC(=O)c1cc(C#N)c(N2CCCCC2)s1. The largest absolute Gasteiger partial charge is 0.362 e. The van der Waals surface area contributed by atoms with E-state index in [1.165, 1.54) is 30.6 Å². The summed E-state index contributed by atoms with van der Waals surface area (Å²) in [5.74, 6) is 0.0461. The Balaban J connectivity index is 2.31. The normalized spacial score (nSPS) is 15.9. The lowest BCUT2D eigenvalue weighted by atomic mass is 10.1. The third-order valence-electron chi connectivity index (χ3n) is 2.82. The van der Waals surface area contributed by atoms with Gasteiger partial charge in [-0.15, -0.1) is 11.3 Å². The molecular formula is C12H14N2OS. The minimum Gasteiger partial charge on any atom is -0.362 e. The molecule has 1 aliphatic heterocycles. The van der Waals surface area contributed by atoms with Gasteiger partial charge in [-0.05, 0) is 32.3 Å². The van der Waals surface area contributed by atoms with Gasteiger partial charge in [0.25, 0.3) is 0 Å². The van der Waals surface area contributed by atoms with E-state index >= 15 is 0 Å². The maximum absolute atomic E-state index is 11.3. The van der Waals surface area contributed by atoms with E-state index in [9.17, 15) is 4.79 Å². The Kier molecular flexibility index (Phi) is 3.25. The zero-order valence-corrected chi connectivity index (χ0v) is 10.1. The number of anilines is 1. The van der Waals surface area contributed by atoms with Crippen molar-refractivity contribution in [1.29, 1.82) is 5.26 Å². The Morgan fingerprint density at radius 2 is 2.12 bits per heavy atom. The summed E-state index contributed by atoms with van der Waals surface area (Å²) in [5.41, 5.74) is 0.650. The number of nitriles is 1. The fourth-order valence-corrected chi connectivity index (χ4v) is 3.02. The zero-order chi connectivity index (χ0) is 11.5. The number of nitrogens with zero attached hydrogens (tertiary/aromatic N) is 2. The standard InChI is InChI=1S/C12H14N2OS/c1-9(15)11-7-10(8-13)12(16-11)14-5-3-2-4-6-14/h7H,2-6H2,1H3. The van der Waals surface area contributed by atoms with E-state index in [1.807, 2.05) is 0 Å². The second-order valence-corrected chi connectivity index (χ2v) is 5.08. The van der Waals surface area contributed by atoms with Crippen molar-refractivity contribution in [3.63, 3.8) is 0 Å². The second kappa shape index (κ2) is 4.67. The summed E-state index contributed by atoms with van der Waals surface area (Å²) in [7, 11) is 0. The summed E-state index contributed by atoms with van der Waals surface area (Å²) in [6.07, 6.45) is 3.62. The predicted molar refractivity (Wildman–Crippen MR) is 65.1 cm³/mol. The first kappa shape index (κ1) is 11.2. The highest BCUT2D eigenvalue weighted by atomic mass is 32.1. The maximum Gasteiger partial charge on any atom is 0.169 e. The molecule has 2 heterocycles. The fourth-order valence-electron chi connectivity index (χ4n) is 1.97. The van der Waals surface area contributed by atoms with Crippen LogP contribution >= 0.6 is 11.3 Å². The lowest BCUT2D eigenvalue weighted by Gasteiger charge is -2.27. The van der Waals surface area contributed by atoms with Crippen LogP contribution < -0.4 is 4.90 Å². The smallest absolute Gasteiger partial charge is 0.169 e. The predicted octanol–water partition coefficient (Wildman–Crippen LogP) is 2.81. The number of rotatable bonds is 2. The van der Waals surface area contributed by atoms with E-state index in [4.69, 9.17) is 5.26 Å². The molecule has 3 nitrogen and oxygen atoms in total. The highest BCUT2D eigenvalue weighted by Crippen LogP contribution is 2.33. The first-order valence-electron chi connectivity index (χ1n) is 5.52. The Morgan fingerprint density at radius 1 is 1.44 bits per heavy atom. The van der Waals surface area contributed by atoms with Crippen LogP contribution in [0.4, 0.5) is 5.00 Å². The third kappa shape index (κ3) is 2.10. The highest BCUT2D eigenvalue weighted by molar-refractivity contribution is 7.18. The molecule has 0 atom stereocenters. The Labute approximate surface area is 99.3 Å². The monoisotopic (exact) mass is 234 g/mol. The van der Waals surface area contributed by atoms with E-state index < -0.39 is 0 Å². The highest BCUT2D eigenvalue weighted by Gasteiger charge is 2.19. The summed E-state index contributed by atoms with van der Waals surface area (Å²) < 4.78 is 0. The topological polar surface area (TPSA) is 44.1 Å². The number of carbonyl (C=O) groups is 1. The van der Waals surface area contributed by atoms with Crippen LogP contribution in [0.25, 0.3) is 0 Å². The van der Waals surface area contributed by atoms with Gasteiger partial charge in [-0.2, -0.15) is 5.26 Å². The first-order valence-corrected chi connectivity index (χ1v) is 6.34. The molecule has 0 bridgehead atoms. The molecule has 0 unspecified atom stereocenters. The number of carbonyl (C=O) groups excluding carboxylic acids is 1. The van der Waals surface area contributed by atoms with Crippen molar-refractivity contribution >= 4 is 22.1 Å². The molecule has 16 heavy (non-hydrogen) atoms. The van der Waals surface area contributed by atoms with Gasteiger partial charge < -0.3 is 4.90 Å². The third-order valence-corrected chi connectivity index (χ3v) is 4.12. The van der Waals surface area contributed by atoms with Crippen molar-refractivity contribution in [2.24, 2.45) is 0 Å². The molecule has 0 radical (unpaired) electrons. The average molecular weight is 234 g/mol. The van der Waals surface area contributed by atoms with Gasteiger partial charge >= 0.3 is 0 Å². The molecule has 84 valence electrons. The minimum atomic E-state index is 0.0461. The van der Waals surface area contributed by atoms with Gasteiger partial charge in [0.2, 0.25) is 0 Å². The molecule has 1 aliphatic rings. The maximum atomic E-state index is 11.3. The van der Waals surface area contributed by atoms with Crippen molar-refractivity contribution in [1.82, 2.24) is 0 Å². The number of ketones is 1. The van der Waals surface area contributed by atoms with Crippen LogP contribution in [0.3, 0.4) is 0 Å². The van der Waals surface area contributed by atoms with Gasteiger partial charge in [-0.1, -0.05) is 0 Å². The summed E-state index contributed by atoms with van der Waals surface area (Å²) in [4.78, 5) is 14.2. The molecule has 2 rings (SSSR count). The van der Waals surface area contributed by atoms with Gasteiger partial charge in [0, 0.05) is 13.1 Å². The van der Waals surface area contributed by atoms with Crippen LogP contribution in [-0.4, -0.2) is 18.9 Å². The van der Waals surface area contributed by atoms with Crippen LogP contribution in [0.15, 0.2) is 6.07 Å². The van der Waals surface area contributed by atoms with Gasteiger partial charge in [0.1, 0.15) is 11.1 Å². The van der Waals surface area contributed by atoms with E-state index in [0.29, 0.717) is 10.4 Å². The molecule has 1 aromatic rings. The second-order valence-electron chi connectivity index (χ2n) is 4.05. The van der Waals surface area contributed by atoms with Crippen molar-refractivity contribution in [3.05, 3.63) is 16.5 Å². The Morgan fingerprint density at radius 3 is 2.69 bits per heavy atom. The van der Waals surface area contributed by atoms with E-state index in [0.717, 1.165) is 18.1 Å². The molecular weight excluding hydrogens is 220 g/mol. The molecule has 1 fully saturated rings. The van der Waals surface area contributed by atoms with Crippen LogP contribution in [-0.2, 0) is 0 Å². The first-order chi connectivity index (χ1) is 7.72. The molecule has 1 saturated heterocycles. The Bertz CT molecular complexity index is 438. The van der Waals surface area contributed by atoms with Gasteiger partial charge in [-0.25, -0.2) is 0 Å². The van der Waals surface area contributed by atoms with Crippen molar-refractivity contribution < 1.29 is 4.79 Å². The van der Waals surface area contributed by atoms with E-state index in [-0.39, 0.29) is 5.78 Å². The number of hydrogen-bond donors (Lipinski definition) is 0. The molecule has 0 amide bonds. The van der Waals surface area contributed by atoms with E-state index in [1.54, 1.807) is 13.0 Å². The minimum absolute atomic E-state index is 0.0461. The van der Waals surface area contributed by atoms with Crippen molar-refractivity contribution in [2.45, 2.75) is 26.2 Å². The molecule has 0 aliphatic carbocycles. The molecule has 0 aromatic carbocycles. The number of hydrogen-bond acceptors (Lipinski definition) is 4. The quantitative estimate of drug-likeness (QED) is 0.739. The number of Topliss-reactive ketones (excluding diaryl/α,β-unsaturated/α-hetero) is 1. The molecule has 1 aromatic heterocycles. The number of thiophene rings is 1. The molecule has 0 spiro atoms. The fraction of sp³-hybridized carbons (Fsp3) is 0.500. The summed E-state index contributed by atoms with van der Waals surface area (Å²) in [5, 5.41) is 10.0. The van der Waals surface area contributed by atoms with Gasteiger partial charge in [-0.3, -0.25) is 4.79 Å². The molecule has 0 saturated carbocycles. The van der Waals surface area contributed by atoms with Crippen molar-refractivity contribution in [2.75, 3.05) is 18.0 Å². The molecule has 0 N–H and O–H groups in total. The van der Waals surface area contributed by atoms with Crippen LogP contribution in [0.1, 0.15) is 41.4 Å². The number of piperidine rings is 1. The van der Waals surface area contributed by atoms with Crippen molar-refractivity contribution in [3.8, 4) is 6.07 Å². The lowest BCUT2D eigenvalue weighted by Crippen LogP contribution is -2.29. The molecule has 4 heteroatoms. The van der Waals surface area contributed by atoms with Gasteiger partial charge in [0.15, 0.2) is 5.78 Å². The lowest BCUT2D eigenvalue weighted by molar-refractivity contribution is 0.102. The van der Waals surface area contributed by atoms with Crippen LogP contribution in [0.2, 0.25) is 0 Å². The average Bonchev–Trinajstić information content (AvgIpc) is 2.74. The van der Waals surface area contributed by atoms with E-state index in [2.05, 4.69) is 11.0 Å². The summed E-state index contributed by atoms with van der Waals surface area (Å²) >= 11 is 1.45. The Hall–Kier alpha value is -1.34. The zero-order valence-electron chi connectivity index (χ0n) is 9.32. The summed E-state index contributed by atoms with van der Waals surface area (Å²) in [6.45, 7) is 3.56. The van der Waals surface area contributed by atoms with Crippen LogP contribution in [0, 0.1) is 11.3 Å².